The van der Waals surface area contributed by atoms with Crippen LogP contribution >= 0.6 is 0 Å². The van der Waals surface area contributed by atoms with Crippen LogP contribution in [-0.4, -0.2) is 37.8 Å². The Balaban J connectivity index is 1.60. The third kappa shape index (κ3) is 4.09. The number of amides is 2. The van der Waals surface area contributed by atoms with Gasteiger partial charge in [-0.25, -0.2) is 4.98 Å². The molecule has 2 aromatic rings. The summed E-state index contributed by atoms with van der Waals surface area (Å²) in [5.41, 5.74) is 1.70. The van der Waals surface area contributed by atoms with Crippen molar-refractivity contribution < 1.29 is 9.59 Å². The number of aromatic nitrogens is 3. The minimum absolute atomic E-state index is 0.0602. The number of nitrogens with zero attached hydrogens (tertiary/aromatic N) is 4. The van der Waals surface area contributed by atoms with Crippen molar-refractivity contribution in [2.24, 2.45) is 0 Å². The zero-order valence-electron chi connectivity index (χ0n) is 15.3. The van der Waals surface area contributed by atoms with Gasteiger partial charge in [-0.1, -0.05) is 13.0 Å². The van der Waals surface area contributed by atoms with E-state index in [-0.39, 0.29) is 24.3 Å². The fourth-order valence-electron chi connectivity index (χ4n) is 3.26. The normalized spacial score (nSPS) is 16.2. The molecule has 0 aliphatic carbocycles. The molecule has 7 heteroatoms. The lowest BCUT2D eigenvalue weighted by molar-refractivity contribution is -0.134. The van der Waals surface area contributed by atoms with Crippen LogP contribution in [0.25, 0.3) is 0 Å². The van der Waals surface area contributed by atoms with E-state index in [2.05, 4.69) is 19.9 Å². The number of rotatable bonds is 6. The minimum Gasteiger partial charge on any atom is -0.352 e. The molecule has 1 aliphatic heterocycles. The van der Waals surface area contributed by atoms with Gasteiger partial charge < -0.3 is 14.8 Å². The van der Waals surface area contributed by atoms with Crippen molar-refractivity contribution in [1.29, 1.82) is 0 Å². The molecule has 0 aromatic carbocycles. The van der Waals surface area contributed by atoms with Crippen molar-refractivity contribution in [3.63, 3.8) is 0 Å². The SMILES string of the molecule is CCCC(=O)N1CCn2cc(CC(=O)NCc3cccnc3)nc2[C@H]1C. The quantitative estimate of drug-likeness (QED) is 0.857. The van der Waals surface area contributed by atoms with Crippen LogP contribution < -0.4 is 5.32 Å². The molecule has 0 spiro atoms. The molecule has 2 amide bonds. The number of hydrogen-bond acceptors (Lipinski definition) is 4. The molecule has 7 nitrogen and oxygen atoms in total. The first-order chi connectivity index (χ1) is 12.6. The molecular formula is C19H25N5O2. The number of pyridine rings is 1. The zero-order valence-corrected chi connectivity index (χ0v) is 15.3. The van der Waals surface area contributed by atoms with Gasteiger partial charge in [-0.15, -0.1) is 0 Å². The lowest BCUT2D eigenvalue weighted by Gasteiger charge is -2.33. The minimum atomic E-state index is -0.0733. The Morgan fingerprint density at radius 2 is 2.19 bits per heavy atom. The number of carbonyl (C=O) groups is 2. The standard InChI is InChI=1S/C19H25N5O2/c1-3-5-18(26)24-9-8-23-13-16(22-19(23)14(24)2)10-17(25)21-12-15-6-4-7-20-11-15/h4,6-7,11,13-14H,3,5,8-10,12H2,1-2H3,(H,21,25)/t14-/m1/s1. The topological polar surface area (TPSA) is 80.1 Å². The van der Waals surface area contributed by atoms with Gasteiger partial charge in [0.2, 0.25) is 11.8 Å². The Hall–Kier alpha value is -2.70. The maximum atomic E-state index is 12.2. The summed E-state index contributed by atoms with van der Waals surface area (Å²) in [6.45, 7) is 5.87. The van der Waals surface area contributed by atoms with Gasteiger partial charge in [0.15, 0.2) is 0 Å². The van der Waals surface area contributed by atoms with E-state index in [0.29, 0.717) is 19.5 Å². The molecule has 0 radical (unpaired) electrons. The number of carbonyl (C=O) groups excluding carboxylic acids is 2. The number of imidazole rings is 1. The van der Waals surface area contributed by atoms with Gasteiger partial charge in [0, 0.05) is 44.6 Å². The van der Waals surface area contributed by atoms with E-state index in [1.807, 2.05) is 37.1 Å². The molecule has 138 valence electrons. The fourth-order valence-corrected chi connectivity index (χ4v) is 3.26. The summed E-state index contributed by atoms with van der Waals surface area (Å²) in [5, 5.41) is 2.89. The average molecular weight is 355 g/mol. The van der Waals surface area contributed by atoms with E-state index < -0.39 is 0 Å². The Morgan fingerprint density at radius 3 is 2.92 bits per heavy atom. The number of fused-ring (bicyclic) bond motifs is 1. The molecule has 1 atom stereocenters. The van der Waals surface area contributed by atoms with Crippen molar-refractivity contribution in [3.8, 4) is 0 Å². The Bertz CT molecular complexity index is 771. The van der Waals surface area contributed by atoms with Crippen LogP contribution in [-0.2, 0) is 29.1 Å². The second kappa shape index (κ2) is 8.12. The first-order valence-corrected chi connectivity index (χ1v) is 9.09. The third-order valence-corrected chi connectivity index (χ3v) is 4.62. The Morgan fingerprint density at radius 1 is 1.35 bits per heavy atom. The number of hydrogen-bond donors (Lipinski definition) is 1. The summed E-state index contributed by atoms with van der Waals surface area (Å²) in [7, 11) is 0. The molecule has 1 aliphatic rings. The molecule has 2 aromatic heterocycles. The van der Waals surface area contributed by atoms with Crippen molar-refractivity contribution in [3.05, 3.63) is 47.8 Å². The molecule has 3 rings (SSSR count). The van der Waals surface area contributed by atoms with E-state index >= 15 is 0 Å². The molecule has 26 heavy (non-hydrogen) atoms. The highest BCUT2D eigenvalue weighted by Crippen LogP contribution is 2.25. The van der Waals surface area contributed by atoms with Crippen LogP contribution in [0.2, 0.25) is 0 Å². The molecule has 0 saturated carbocycles. The second-order valence-electron chi connectivity index (χ2n) is 6.61. The summed E-state index contributed by atoms with van der Waals surface area (Å²) in [6.07, 6.45) is 7.01. The van der Waals surface area contributed by atoms with Crippen molar-refractivity contribution in [1.82, 2.24) is 24.8 Å². The van der Waals surface area contributed by atoms with E-state index in [1.54, 1.807) is 12.4 Å². The maximum absolute atomic E-state index is 12.2. The average Bonchev–Trinajstić information content (AvgIpc) is 3.05. The summed E-state index contributed by atoms with van der Waals surface area (Å²) in [6, 6.07) is 3.71. The van der Waals surface area contributed by atoms with Crippen molar-refractivity contribution >= 4 is 11.8 Å². The van der Waals surface area contributed by atoms with Crippen LogP contribution in [0.5, 0.6) is 0 Å². The zero-order chi connectivity index (χ0) is 18.5. The van der Waals surface area contributed by atoms with E-state index in [4.69, 9.17) is 0 Å². The number of nitrogens with one attached hydrogen (secondary N) is 1. The molecule has 0 bridgehead atoms. The monoisotopic (exact) mass is 355 g/mol. The van der Waals surface area contributed by atoms with Gasteiger partial charge in [-0.2, -0.15) is 0 Å². The fraction of sp³-hybridized carbons (Fsp3) is 0.474. The lowest BCUT2D eigenvalue weighted by atomic mass is 10.2. The van der Waals surface area contributed by atoms with Gasteiger partial charge >= 0.3 is 0 Å². The van der Waals surface area contributed by atoms with Crippen LogP contribution in [0.4, 0.5) is 0 Å². The summed E-state index contributed by atoms with van der Waals surface area (Å²) >= 11 is 0. The third-order valence-electron chi connectivity index (χ3n) is 4.62. The highest BCUT2D eigenvalue weighted by molar-refractivity contribution is 5.78. The Labute approximate surface area is 153 Å². The van der Waals surface area contributed by atoms with Crippen molar-refractivity contribution in [2.75, 3.05) is 6.54 Å². The molecule has 0 saturated heterocycles. The molecule has 3 heterocycles. The summed E-state index contributed by atoms with van der Waals surface area (Å²) in [5.74, 6) is 0.955. The molecular weight excluding hydrogens is 330 g/mol. The largest absolute Gasteiger partial charge is 0.352 e. The van der Waals surface area contributed by atoms with Gasteiger partial charge in [-0.05, 0) is 25.0 Å². The second-order valence-corrected chi connectivity index (χ2v) is 6.61. The van der Waals surface area contributed by atoms with Crippen molar-refractivity contribution in [2.45, 2.75) is 52.2 Å². The summed E-state index contributed by atoms with van der Waals surface area (Å²) < 4.78 is 2.06. The van der Waals surface area contributed by atoms with Gasteiger partial charge in [0.05, 0.1) is 18.2 Å². The van der Waals surface area contributed by atoms with E-state index in [9.17, 15) is 9.59 Å². The lowest BCUT2D eigenvalue weighted by Crippen LogP contribution is -2.40. The van der Waals surface area contributed by atoms with Gasteiger partial charge in [0.1, 0.15) is 5.82 Å². The smallest absolute Gasteiger partial charge is 0.226 e. The predicted octanol–water partition coefficient (Wildman–Crippen LogP) is 1.84. The van der Waals surface area contributed by atoms with Crippen LogP contribution in [0, 0.1) is 0 Å². The van der Waals surface area contributed by atoms with Gasteiger partial charge in [-0.3, -0.25) is 14.6 Å². The predicted molar refractivity (Wildman–Crippen MR) is 97.1 cm³/mol. The summed E-state index contributed by atoms with van der Waals surface area (Å²) in [4.78, 5) is 35.0. The van der Waals surface area contributed by atoms with Crippen LogP contribution in [0.3, 0.4) is 0 Å². The highest BCUT2D eigenvalue weighted by Gasteiger charge is 2.29. The first kappa shape index (κ1) is 18.1. The maximum Gasteiger partial charge on any atom is 0.226 e. The molecule has 0 unspecified atom stereocenters. The van der Waals surface area contributed by atoms with Crippen LogP contribution in [0.1, 0.15) is 49.8 Å². The molecule has 0 fully saturated rings. The Kier molecular flexibility index (Phi) is 5.65. The van der Waals surface area contributed by atoms with Gasteiger partial charge in [0.25, 0.3) is 0 Å². The molecule has 1 N–H and O–H groups in total. The van der Waals surface area contributed by atoms with Crippen LogP contribution in [0.15, 0.2) is 30.7 Å². The highest BCUT2D eigenvalue weighted by atomic mass is 16.2. The van der Waals surface area contributed by atoms with E-state index in [1.165, 1.54) is 0 Å². The first-order valence-electron chi connectivity index (χ1n) is 9.09. The van der Waals surface area contributed by atoms with E-state index in [0.717, 1.165) is 30.0 Å².